The van der Waals surface area contributed by atoms with Crippen LogP contribution in [0.4, 0.5) is 5.69 Å². The van der Waals surface area contributed by atoms with E-state index in [2.05, 4.69) is 16.2 Å². The highest BCUT2D eigenvalue weighted by Crippen LogP contribution is 2.39. The molecule has 168 valence electrons. The number of nitriles is 1. The largest absolute Gasteiger partial charge is 0.454 e. The van der Waals surface area contributed by atoms with Gasteiger partial charge in [-0.05, 0) is 48.9 Å². The summed E-state index contributed by atoms with van der Waals surface area (Å²) < 4.78 is 11.1. The number of fused-ring (bicyclic) bond motifs is 2. The van der Waals surface area contributed by atoms with Crippen molar-refractivity contribution in [2.75, 3.05) is 6.79 Å². The molecule has 0 spiro atoms. The normalized spacial score (nSPS) is 18.4. The summed E-state index contributed by atoms with van der Waals surface area (Å²) in [5, 5.41) is 27.1. The fraction of sp³-hybridized carbons (Fsp3) is 0.167. The number of nitrogens with zero attached hydrogens (tertiary/aromatic N) is 5. The predicted molar refractivity (Wildman–Crippen MR) is 119 cm³/mol. The molecule has 1 amide bonds. The van der Waals surface area contributed by atoms with E-state index in [-0.39, 0.29) is 24.5 Å². The van der Waals surface area contributed by atoms with Gasteiger partial charge in [0, 0.05) is 42.1 Å². The van der Waals surface area contributed by atoms with Crippen LogP contribution in [0.5, 0.6) is 11.5 Å². The lowest BCUT2D eigenvalue weighted by Gasteiger charge is -2.30. The van der Waals surface area contributed by atoms with E-state index in [1.807, 2.05) is 0 Å². The van der Waals surface area contributed by atoms with E-state index in [1.165, 1.54) is 18.3 Å². The Bertz CT molecular complexity index is 1380. The summed E-state index contributed by atoms with van der Waals surface area (Å²) in [5.41, 5.74) is 1.15. The number of ether oxygens (including phenoxy) is 2. The molecule has 1 atom stereocenters. The van der Waals surface area contributed by atoms with Gasteiger partial charge in [-0.1, -0.05) is 0 Å². The zero-order valence-corrected chi connectivity index (χ0v) is 18.0. The van der Waals surface area contributed by atoms with E-state index in [0.717, 1.165) is 10.6 Å². The Morgan fingerprint density at radius 2 is 1.94 bits per heavy atom. The molecule has 0 radical (unpaired) electrons. The first-order valence-electron chi connectivity index (χ1n) is 10.3. The SMILES string of the molecule is CC1(C#N)Cc2cc3c(cc2C(c2ccc([N+](=O)[O-])cc2)=NN1C(=O)c1cccnc1)OCO3. The molecule has 0 saturated heterocycles. The van der Waals surface area contributed by atoms with E-state index >= 15 is 0 Å². The lowest BCUT2D eigenvalue weighted by Crippen LogP contribution is -2.47. The van der Waals surface area contributed by atoms with Crippen LogP contribution in [0.1, 0.15) is 34.0 Å². The Labute approximate surface area is 193 Å². The molecule has 2 aromatic carbocycles. The number of non-ortho nitro benzene ring substituents is 1. The van der Waals surface area contributed by atoms with Crippen molar-refractivity contribution in [1.29, 1.82) is 5.26 Å². The van der Waals surface area contributed by atoms with Gasteiger partial charge in [-0.2, -0.15) is 10.4 Å². The van der Waals surface area contributed by atoms with Gasteiger partial charge in [0.2, 0.25) is 6.79 Å². The standard InChI is InChI=1S/C24H17N5O5/c1-24(13-25)11-17-9-20-21(34-14-33-20)10-19(17)22(15-4-6-18(7-5-15)29(31)32)27-28(24)23(30)16-3-2-8-26-12-16/h2-10,12H,11,14H2,1H3. The Balaban J connectivity index is 1.73. The average Bonchev–Trinajstić information content (AvgIpc) is 3.27. The van der Waals surface area contributed by atoms with Crippen molar-refractivity contribution >= 4 is 17.3 Å². The van der Waals surface area contributed by atoms with Crippen LogP contribution in [-0.2, 0) is 6.42 Å². The van der Waals surface area contributed by atoms with E-state index in [9.17, 15) is 20.2 Å². The number of aromatic nitrogens is 1. The number of rotatable bonds is 3. The number of hydrazone groups is 1. The number of nitro groups is 1. The van der Waals surface area contributed by atoms with Gasteiger partial charge in [-0.15, -0.1) is 0 Å². The smallest absolute Gasteiger partial charge is 0.277 e. The maximum atomic E-state index is 13.5. The van der Waals surface area contributed by atoms with Crippen molar-refractivity contribution in [3.05, 3.63) is 93.3 Å². The third-order valence-electron chi connectivity index (χ3n) is 5.75. The fourth-order valence-electron chi connectivity index (χ4n) is 3.98. The third-order valence-corrected chi connectivity index (χ3v) is 5.75. The molecule has 10 nitrogen and oxygen atoms in total. The Morgan fingerprint density at radius 3 is 2.59 bits per heavy atom. The van der Waals surface area contributed by atoms with Crippen molar-refractivity contribution in [3.63, 3.8) is 0 Å². The van der Waals surface area contributed by atoms with Crippen LogP contribution < -0.4 is 9.47 Å². The van der Waals surface area contributed by atoms with Gasteiger partial charge >= 0.3 is 0 Å². The van der Waals surface area contributed by atoms with Crippen LogP contribution in [0, 0.1) is 21.4 Å². The molecule has 0 aliphatic carbocycles. The zero-order valence-electron chi connectivity index (χ0n) is 18.0. The molecule has 10 heteroatoms. The van der Waals surface area contributed by atoms with Gasteiger partial charge in [-0.3, -0.25) is 19.9 Å². The summed E-state index contributed by atoms with van der Waals surface area (Å²) in [4.78, 5) is 28.1. The van der Waals surface area contributed by atoms with E-state index in [1.54, 1.807) is 49.5 Å². The molecular formula is C24H17N5O5. The topological polar surface area (TPSA) is 131 Å². The summed E-state index contributed by atoms with van der Waals surface area (Å²) in [6.07, 6.45) is 3.13. The van der Waals surface area contributed by atoms with Crippen molar-refractivity contribution in [3.8, 4) is 17.6 Å². The molecule has 5 rings (SSSR count). The lowest BCUT2D eigenvalue weighted by atomic mass is 9.88. The van der Waals surface area contributed by atoms with Gasteiger partial charge < -0.3 is 9.47 Å². The monoisotopic (exact) mass is 455 g/mol. The first-order chi connectivity index (χ1) is 16.4. The second kappa shape index (κ2) is 7.97. The number of benzene rings is 2. The number of carbonyl (C=O) groups is 1. The quantitative estimate of drug-likeness (QED) is 0.436. The molecule has 0 bridgehead atoms. The lowest BCUT2D eigenvalue weighted by molar-refractivity contribution is -0.384. The zero-order chi connectivity index (χ0) is 23.9. The molecular weight excluding hydrogens is 438 g/mol. The van der Waals surface area contributed by atoms with Crippen LogP contribution in [0.2, 0.25) is 0 Å². The summed E-state index contributed by atoms with van der Waals surface area (Å²) >= 11 is 0. The molecule has 3 aromatic rings. The minimum Gasteiger partial charge on any atom is -0.454 e. The second-order valence-electron chi connectivity index (χ2n) is 8.04. The number of carbonyl (C=O) groups excluding carboxylic acids is 1. The van der Waals surface area contributed by atoms with Crippen LogP contribution in [0.3, 0.4) is 0 Å². The van der Waals surface area contributed by atoms with Gasteiger partial charge in [-0.25, -0.2) is 5.01 Å². The van der Waals surface area contributed by atoms with Crippen LogP contribution in [-0.4, -0.2) is 38.9 Å². The van der Waals surface area contributed by atoms with Crippen molar-refractivity contribution < 1.29 is 19.2 Å². The highest BCUT2D eigenvalue weighted by Gasteiger charge is 2.41. The van der Waals surface area contributed by atoms with Gasteiger partial charge in [0.15, 0.2) is 17.0 Å². The number of nitro benzene ring substituents is 1. The van der Waals surface area contributed by atoms with Crippen LogP contribution in [0.15, 0.2) is 66.0 Å². The molecule has 34 heavy (non-hydrogen) atoms. The van der Waals surface area contributed by atoms with Crippen molar-refractivity contribution in [2.45, 2.75) is 18.9 Å². The Morgan fingerprint density at radius 1 is 1.21 bits per heavy atom. The maximum Gasteiger partial charge on any atom is 0.277 e. The van der Waals surface area contributed by atoms with Crippen molar-refractivity contribution in [2.24, 2.45) is 5.10 Å². The molecule has 0 fully saturated rings. The molecule has 1 aromatic heterocycles. The first kappa shape index (κ1) is 21.1. The molecule has 0 N–H and O–H groups in total. The van der Waals surface area contributed by atoms with E-state index in [4.69, 9.17) is 9.47 Å². The summed E-state index contributed by atoms with van der Waals surface area (Å²) in [7, 11) is 0. The minimum atomic E-state index is -1.34. The van der Waals surface area contributed by atoms with Gasteiger partial charge in [0.05, 0.1) is 22.3 Å². The van der Waals surface area contributed by atoms with Gasteiger partial charge in [0.25, 0.3) is 11.6 Å². The third kappa shape index (κ3) is 3.49. The van der Waals surface area contributed by atoms with Crippen molar-refractivity contribution in [1.82, 2.24) is 9.99 Å². The second-order valence-corrected chi connectivity index (χ2v) is 8.04. The molecule has 1 unspecified atom stereocenters. The number of pyridine rings is 1. The number of amides is 1. The summed E-state index contributed by atoms with van der Waals surface area (Å²) in [5.74, 6) is 0.553. The highest BCUT2D eigenvalue weighted by atomic mass is 16.7. The minimum absolute atomic E-state index is 0.0728. The molecule has 2 aliphatic heterocycles. The summed E-state index contributed by atoms with van der Waals surface area (Å²) in [6.45, 7) is 1.71. The van der Waals surface area contributed by atoms with Crippen LogP contribution in [0.25, 0.3) is 0 Å². The molecule has 2 aliphatic rings. The van der Waals surface area contributed by atoms with E-state index < -0.39 is 16.4 Å². The molecule has 0 saturated carbocycles. The molecule has 3 heterocycles. The maximum absolute atomic E-state index is 13.5. The van der Waals surface area contributed by atoms with Gasteiger partial charge in [0.1, 0.15) is 0 Å². The Hall–Kier alpha value is -4.78. The number of hydrogen-bond acceptors (Lipinski definition) is 8. The van der Waals surface area contributed by atoms with E-state index in [0.29, 0.717) is 28.3 Å². The Kier molecular flexibility index (Phi) is 4.94. The average molecular weight is 455 g/mol. The fourth-order valence-corrected chi connectivity index (χ4v) is 3.98. The highest BCUT2D eigenvalue weighted by molar-refractivity contribution is 6.15. The first-order valence-corrected chi connectivity index (χ1v) is 10.3. The predicted octanol–water partition coefficient (Wildman–Crippen LogP) is 3.45. The summed E-state index contributed by atoms with van der Waals surface area (Å²) in [6, 6.07) is 14.9. The number of hydrogen-bond donors (Lipinski definition) is 0. The van der Waals surface area contributed by atoms with Crippen LogP contribution >= 0.6 is 0 Å².